The first kappa shape index (κ1) is 22.7. The second-order valence-corrected chi connectivity index (χ2v) is 9.15. The number of aryl methyl sites for hydroxylation is 1. The molecule has 1 unspecified atom stereocenters. The third kappa shape index (κ3) is 6.49. The van der Waals surface area contributed by atoms with Crippen LogP contribution in [0.1, 0.15) is 38.8 Å². The molecular weight excluding hydrogens is 388 g/mol. The SMILES string of the molecule is CCc1ccc(N(C(C)C(=O)NCc2cccc(OC(C)C)c2)S(C)(=O)=O)cc1. The fourth-order valence-corrected chi connectivity index (χ4v) is 4.20. The van der Waals surface area contributed by atoms with Crippen LogP contribution in [0.25, 0.3) is 0 Å². The molecule has 158 valence electrons. The Balaban J connectivity index is 2.13. The van der Waals surface area contributed by atoms with E-state index < -0.39 is 16.1 Å². The Bertz CT molecular complexity index is 924. The van der Waals surface area contributed by atoms with E-state index in [1.165, 1.54) is 0 Å². The van der Waals surface area contributed by atoms with Crippen LogP contribution in [0.4, 0.5) is 5.69 Å². The molecule has 0 saturated heterocycles. The van der Waals surface area contributed by atoms with E-state index in [0.717, 1.165) is 33.9 Å². The quantitative estimate of drug-likeness (QED) is 0.676. The van der Waals surface area contributed by atoms with E-state index >= 15 is 0 Å². The predicted molar refractivity (Wildman–Crippen MR) is 117 cm³/mol. The number of hydrogen-bond donors (Lipinski definition) is 1. The van der Waals surface area contributed by atoms with Gasteiger partial charge in [-0.05, 0) is 62.6 Å². The van der Waals surface area contributed by atoms with Gasteiger partial charge >= 0.3 is 0 Å². The van der Waals surface area contributed by atoms with Crippen molar-refractivity contribution in [3.63, 3.8) is 0 Å². The summed E-state index contributed by atoms with van der Waals surface area (Å²) in [5, 5.41) is 2.82. The standard InChI is InChI=1S/C22H30N2O4S/c1-6-18-10-12-20(13-11-18)24(29(5,26)27)17(4)22(25)23-15-19-8-7-9-21(14-19)28-16(2)3/h7-14,16-17H,6,15H2,1-5H3,(H,23,25). The zero-order chi connectivity index (χ0) is 21.6. The van der Waals surface area contributed by atoms with Crippen molar-refractivity contribution >= 4 is 21.6 Å². The third-order valence-corrected chi connectivity index (χ3v) is 5.67. The Morgan fingerprint density at radius 1 is 1.07 bits per heavy atom. The number of benzene rings is 2. The first-order valence-corrected chi connectivity index (χ1v) is 11.6. The van der Waals surface area contributed by atoms with E-state index in [4.69, 9.17) is 4.74 Å². The van der Waals surface area contributed by atoms with Crippen LogP contribution in [0.5, 0.6) is 5.75 Å². The van der Waals surface area contributed by atoms with E-state index in [2.05, 4.69) is 5.32 Å². The van der Waals surface area contributed by atoms with Gasteiger partial charge in [-0.2, -0.15) is 0 Å². The molecule has 0 aliphatic rings. The van der Waals surface area contributed by atoms with Crippen molar-refractivity contribution in [3.05, 3.63) is 59.7 Å². The van der Waals surface area contributed by atoms with E-state index in [0.29, 0.717) is 5.69 Å². The van der Waals surface area contributed by atoms with Crippen LogP contribution < -0.4 is 14.4 Å². The van der Waals surface area contributed by atoms with Gasteiger partial charge in [-0.3, -0.25) is 9.10 Å². The smallest absolute Gasteiger partial charge is 0.243 e. The minimum atomic E-state index is -3.63. The lowest BCUT2D eigenvalue weighted by atomic mass is 10.1. The fraction of sp³-hybridized carbons (Fsp3) is 0.409. The number of amides is 1. The molecule has 2 rings (SSSR count). The first-order valence-electron chi connectivity index (χ1n) is 9.73. The molecule has 0 heterocycles. The molecule has 2 aromatic carbocycles. The number of hydrogen-bond acceptors (Lipinski definition) is 4. The topological polar surface area (TPSA) is 75.7 Å². The second-order valence-electron chi connectivity index (χ2n) is 7.29. The van der Waals surface area contributed by atoms with Crippen molar-refractivity contribution in [1.29, 1.82) is 0 Å². The van der Waals surface area contributed by atoms with Gasteiger partial charge in [0.05, 0.1) is 18.0 Å². The van der Waals surface area contributed by atoms with E-state index in [1.807, 2.05) is 57.2 Å². The highest BCUT2D eigenvalue weighted by molar-refractivity contribution is 7.92. The van der Waals surface area contributed by atoms with E-state index in [-0.39, 0.29) is 18.6 Å². The van der Waals surface area contributed by atoms with Crippen molar-refractivity contribution in [3.8, 4) is 5.75 Å². The molecule has 0 aromatic heterocycles. The highest BCUT2D eigenvalue weighted by atomic mass is 32.2. The lowest BCUT2D eigenvalue weighted by Gasteiger charge is -2.28. The summed E-state index contributed by atoms with van der Waals surface area (Å²) < 4.78 is 31.6. The molecule has 0 saturated carbocycles. The predicted octanol–water partition coefficient (Wildman–Crippen LogP) is 3.51. The number of ether oxygens (including phenoxy) is 1. The summed E-state index contributed by atoms with van der Waals surface area (Å²) in [5.74, 6) is 0.360. The van der Waals surface area contributed by atoms with Gasteiger partial charge in [-0.25, -0.2) is 8.42 Å². The Morgan fingerprint density at radius 2 is 1.72 bits per heavy atom. The van der Waals surface area contributed by atoms with Crippen molar-refractivity contribution in [2.24, 2.45) is 0 Å². The minimum absolute atomic E-state index is 0.0577. The van der Waals surface area contributed by atoms with Gasteiger partial charge in [0, 0.05) is 6.54 Å². The number of anilines is 1. The molecule has 1 atom stereocenters. The molecule has 0 bridgehead atoms. The molecule has 0 aliphatic carbocycles. The van der Waals surface area contributed by atoms with Crippen molar-refractivity contribution in [1.82, 2.24) is 5.32 Å². The van der Waals surface area contributed by atoms with Crippen LogP contribution >= 0.6 is 0 Å². The molecule has 0 spiro atoms. The zero-order valence-electron chi connectivity index (χ0n) is 17.7. The third-order valence-electron chi connectivity index (χ3n) is 4.42. The zero-order valence-corrected chi connectivity index (χ0v) is 18.5. The monoisotopic (exact) mass is 418 g/mol. The van der Waals surface area contributed by atoms with Crippen LogP contribution in [0, 0.1) is 0 Å². The highest BCUT2D eigenvalue weighted by Crippen LogP contribution is 2.22. The summed E-state index contributed by atoms with van der Waals surface area (Å²) in [7, 11) is -3.63. The van der Waals surface area contributed by atoms with Crippen molar-refractivity contribution < 1.29 is 17.9 Å². The maximum absolute atomic E-state index is 12.7. The number of rotatable bonds is 9. The van der Waals surface area contributed by atoms with Crippen LogP contribution in [0.2, 0.25) is 0 Å². The van der Waals surface area contributed by atoms with E-state index in [9.17, 15) is 13.2 Å². The summed E-state index contributed by atoms with van der Waals surface area (Å²) in [6.07, 6.45) is 2.02. The van der Waals surface area contributed by atoms with Crippen molar-refractivity contribution in [2.45, 2.75) is 52.8 Å². The van der Waals surface area contributed by atoms with Gasteiger partial charge in [0.2, 0.25) is 15.9 Å². The Labute approximate surface area is 173 Å². The van der Waals surface area contributed by atoms with Crippen LogP contribution in [0.3, 0.4) is 0 Å². The average molecular weight is 419 g/mol. The average Bonchev–Trinajstić information content (AvgIpc) is 2.65. The summed E-state index contributed by atoms with van der Waals surface area (Å²) in [5.41, 5.74) is 2.45. The number of nitrogens with one attached hydrogen (secondary N) is 1. The first-order chi connectivity index (χ1) is 13.6. The highest BCUT2D eigenvalue weighted by Gasteiger charge is 2.28. The number of sulfonamides is 1. The van der Waals surface area contributed by atoms with Gasteiger partial charge < -0.3 is 10.1 Å². The fourth-order valence-electron chi connectivity index (χ4n) is 3.03. The summed E-state index contributed by atoms with van der Waals surface area (Å²) in [6, 6.07) is 13.8. The van der Waals surface area contributed by atoms with Gasteiger partial charge in [-0.15, -0.1) is 0 Å². The lowest BCUT2D eigenvalue weighted by Crippen LogP contribution is -2.47. The second kappa shape index (κ2) is 9.78. The largest absolute Gasteiger partial charge is 0.491 e. The Hall–Kier alpha value is -2.54. The van der Waals surface area contributed by atoms with Crippen LogP contribution in [-0.4, -0.2) is 32.7 Å². The Kier molecular flexibility index (Phi) is 7.67. The Morgan fingerprint density at radius 3 is 2.28 bits per heavy atom. The molecule has 1 N–H and O–H groups in total. The summed E-state index contributed by atoms with van der Waals surface area (Å²) in [6.45, 7) is 7.79. The molecular formula is C22H30N2O4S. The normalized spacial score (nSPS) is 12.5. The van der Waals surface area contributed by atoms with Gasteiger partial charge in [0.1, 0.15) is 11.8 Å². The molecule has 1 amide bonds. The van der Waals surface area contributed by atoms with Gasteiger partial charge in [-0.1, -0.05) is 31.2 Å². The molecule has 2 aromatic rings. The molecule has 7 heteroatoms. The summed E-state index contributed by atoms with van der Waals surface area (Å²) in [4.78, 5) is 12.7. The van der Waals surface area contributed by atoms with Crippen LogP contribution in [0.15, 0.2) is 48.5 Å². The lowest BCUT2D eigenvalue weighted by molar-refractivity contribution is -0.122. The van der Waals surface area contributed by atoms with Crippen molar-refractivity contribution in [2.75, 3.05) is 10.6 Å². The van der Waals surface area contributed by atoms with Gasteiger partial charge in [0.15, 0.2) is 0 Å². The molecule has 6 nitrogen and oxygen atoms in total. The van der Waals surface area contributed by atoms with Gasteiger partial charge in [0.25, 0.3) is 0 Å². The number of carbonyl (C=O) groups is 1. The number of carbonyl (C=O) groups excluding carboxylic acids is 1. The maximum Gasteiger partial charge on any atom is 0.243 e. The molecule has 29 heavy (non-hydrogen) atoms. The molecule has 0 radical (unpaired) electrons. The minimum Gasteiger partial charge on any atom is -0.491 e. The number of nitrogens with zero attached hydrogens (tertiary/aromatic N) is 1. The van der Waals surface area contributed by atoms with E-state index in [1.54, 1.807) is 19.1 Å². The van der Waals surface area contributed by atoms with Crippen LogP contribution in [-0.2, 0) is 27.8 Å². The maximum atomic E-state index is 12.7. The summed E-state index contributed by atoms with van der Waals surface area (Å²) >= 11 is 0. The molecule has 0 fully saturated rings. The molecule has 0 aliphatic heterocycles.